The molecular weight excluding hydrogens is 329 g/mol. The number of hydrogen-bond donors (Lipinski definition) is 2. The van der Waals surface area contributed by atoms with E-state index in [9.17, 15) is 18.0 Å². The second-order valence-corrected chi connectivity index (χ2v) is 5.30. The number of allylic oxidation sites excluding steroid dienone is 1. The zero-order valence-electron chi connectivity index (χ0n) is 12.5. The molecule has 1 aromatic carbocycles. The van der Waals surface area contributed by atoms with E-state index in [0.717, 1.165) is 12.1 Å². The van der Waals surface area contributed by atoms with Crippen molar-refractivity contribution in [2.45, 2.75) is 25.6 Å². The van der Waals surface area contributed by atoms with Crippen molar-refractivity contribution < 1.29 is 22.7 Å². The lowest BCUT2D eigenvalue weighted by Gasteiger charge is -2.30. The summed E-state index contributed by atoms with van der Waals surface area (Å²) in [5.74, 6) is -0.619. The molecule has 0 bridgehead atoms. The quantitative estimate of drug-likeness (QED) is 0.652. The first-order chi connectivity index (χ1) is 10.8. The van der Waals surface area contributed by atoms with Gasteiger partial charge in [-0.25, -0.2) is 4.79 Å². The molecule has 0 spiro atoms. The Morgan fingerprint density at radius 1 is 1.39 bits per heavy atom. The van der Waals surface area contributed by atoms with Crippen molar-refractivity contribution in [3.63, 3.8) is 0 Å². The van der Waals surface area contributed by atoms with Gasteiger partial charge in [-0.3, -0.25) is 0 Å². The number of esters is 1. The maximum absolute atomic E-state index is 12.9. The number of halogens is 3. The fourth-order valence-corrected chi connectivity index (χ4v) is 2.63. The van der Waals surface area contributed by atoms with Crippen molar-refractivity contribution in [1.29, 1.82) is 0 Å². The van der Waals surface area contributed by atoms with Crippen LogP contribution in [0.2, 0.25) is 0 Å². The Morgan fingerprint density at radius 3 is 2.65 bits per heavy atom. The lowest BCUT2D eigenvalue weighted by Crippen LogP contribution is -2.45. The van der Waals surface area contributed by atoms with Crippen LogP contribution in [0, 0.1) is 0 Å². The standard InChI is InChI=1S/C15H15F3N2O2S/c1-3-10-11(13(21)22-2)12(20-14(23)19-10)8-5-4-6-9(7-8)15(16,17)18/h4-7,12H,3H2,1-2H3,(H2,19,20,23). The Hall–Kier alpha value is -2.09. The molecule has 1 aliphatic heterocycles. The fraction of sp³-hybridized carbons (Fsp3) is 0.333. The first-order valence-electron chi connectivity index (χ1n) is 6.84. The first kappa shape index (κ1) is 17.3. The zero-order valence-corrected chi connectivity index (χ0v) is 13.3. The van der Waals surface area contributed by atoms with E-state index < -0.39 is 23.8 Å². The van der Waals surface area contributed by atoms with Gasteiger partial charge in [-0.2, -0.15) is 13.2 Å². The van der Waals surface area contributed by atoms with Gasteiger partial charge in [0.25, 0.3) is 0 Å². The SMILES string of the molecule is CCC1=C(C(=O)OC)C(c2cccc(C(F)(F)F)c2)NC(=S)N1. The van der Waals surface area contributed by atoms with Crippen LogP contribution in [-0.4, -0.2) is 18.2 Å². The predicted molar refractivity (Wildman–Crippen MR) is 82.4 cm³/mol. The molecule has 0 radical (unpaired) electrons. The highest BCUT2D eigenvalue weighted by Crippen LogP contribution is 2.34. The molecule has 0 fully saturated rings. The maximum atomic E-state index is 12.9. The molecule has 1 unspecified atom stereocenters. The number of nitrogens with one attached hydrogen (secondary N) is 2. The van der Waals surface area contributed by atoms with Crippen molar-refractivity contribution in [3.05, 3.63) is 46.7 Å². The molecule has 2 rings (SSSR count). The van der Waals surface area contributed by atoms with Gasteiger partial charge in [-0.15, -0.1) is 0 Å². The summed E-state index contributed by atoms with van der Waals surface area (Å²) in [5, 5.41) is 5.94. The molecule has 0 aliphatic carbocycles. The smallest absolute Gasteiger partial charge is 0.416 e. The maximum Gasteiger partial charge on any atom is 0.416 e. The molecule has 4 nitrogen and oxygen atoms in total. The van der Waals surface area contributed by atoms with Gasteiger partial charge < -0.3 is 15.4 Å². The van der Waals surface area contributed by atoms with Crippen LogP contribution in [-0.2, 0) is 15.7 Å². The second-order valence-electron chi connectivity index (χ2n) is 4.89. The number of benzene rings is 1. The summed E-state index contributed by atoms with van der Waals surface area (Å²) in [7, 11) is 1.22. The van der Waals surface area contributed by atoms with Gasteiger partial charge in [-0.1, -0.05) is 19.1 Å². The third-order valence-electron chi connectivity index (χ3n) is 3.46. The zero-order chi connectivity index (χ0) is 17.2. The van der Waals surface area contributed by atoms with Crippen molar-refractivity contribution in [2.24, 2.45) is 0 Å². The van der Waals surface area contributed by atoms with Gasteiger partial charge in [0.2, 0.25) is 0 Å². The molecule has 0 saturated carbocycles. The third kappa shape index (κ3) is 3.64. The minimum absolute atomic E-state index is 0.225. The van der Waals surface area contributed by atoms with Crippen LogP contribution in [0.5, 0.6) is 0 Å². The van der Waals surface area contributed by atoms with E-state index in [-0.39, 0.29) is 16.2 Å². The van der Waals surface area contributed by atoms with E-state index in [4.69, 9.17) is 17.0 Å². The highest BCUT2D eigenvalue weighted by atomic mass is 32.1. The minimum atomic E-state index is -4.47. The van der Waals surface area contributed by atoms with Crippen LogP contribution in [0.1, 0.15) is 30.5 Å². The summed E-state index contributed by atoms with van der Waals surface area (Å²) in [5.41, 5.74) is 0.254. The topological polar surface area (TPSA) is 50.4 Å². The van der Waals surface area contributed by atoms with Crippen molar-refractivity contribution in [1.82, 2.24) is 10.6 Å². The lowest BCUT2D eigenvalue weighted by atomic mass is 9.93. The summed E-state index contributed by atoms with van der Waals surface area (Å²) in [6.07, 6.45) is -4.01. The third-order valence-corrected chi connectivity index (χ3v) is 3.68. The van der Waals surface area contributed by atoms with E-state index in [2.05, 4.69) is 10.6 Å². The van der Waals surface area contributed by atoms with Gasteiger partial charge >= 0.3 is 12.1 Å². The van der Waals surface area contributed by atoms with E-state index in [1.165, 1.54) is 19.2 Å². The number of rotatable bonds is 3. The fourth-order valence-electron chi connectivity index (χ4n) is 2.39. The molecule has 124 valence electrons. The molecule has 8 heteroatoms. The Balaban J connectivity index is 2.55. The van der Waals surface area contributed by atoms with Crippen LogP contribution in [0.25, 0.3) is 0 Å². The molecule has 1 aliphatic rings. The molecule has 0 amide bonds. The largest absolute Gasteiger partial charge is 0.466 e. The van der Waals surface area contributed by atoms with Crippen LogP contribution >= 0.6 is 12.2 Å². The summed E-state index contributed by atoms with van der Waals surface area (Å²) < 4.78 is 43.5. The Labute approximate surface area is 136 Å². The lowest BCUT2D eigenvalue weighted by molar-refractivity contribution is -0.137. The number of alkyl halides is 3. The summed E-state index contributed by atoms with van der Waals surface area (Å²) in [4.78, 5) is 12.1. The van der Waals surface area contributed by atoms with Crippen LogP contribution < -0.4 is 10.6 Å². The first-order valence-corrected chi connectivity index (χ1v) is 7.24. The highest BCUT2D eigenvalue weighted by molar-refractivity contribution is 7.80. The number of thiocarbonyl (C=S) groups is 1. The minimum Gasteiger partial charge on any atom is -0.466 e. The van der Waals surface area contributed by atoms with Crippen molar-refractivity contribution in [2.75, 3.05) is 7.11 Å². The van der Waals surface area contributed by atoms with Gasteiger partial charge in [0.15, 0.2) is 5.11 Å². The molecule has 1 aromatic rings. The van der Waals surface area contributed by atoms with E-state index >= 15 is 0 Å². The Bertz CT molecular complexity index is 671. The average Bonchev–Trinajstić information content (AvgIpc) is 2.52. The monoisotopic (exact) mass is 344 g/mol. The van der Waals surface area contributed by atoms with E-state index in [0.29, 0.717) is 12.1 Å². The molecule has 0 saturated heterocycles. The summed E-state index contributed by atoms with van der Waals surface area (Å²) in [6.45, 7) is 1.81. The van der Waals surface area contributed by atoms with Gasteiger partial charge in [0.05, 0.1) is 24.3 Å². The number of methoxy groups -OCH3 is 1. The van der Waals surface area contributed by atoms with Crippen molar-refractivity contribution >= 4 is 23.3 Å². The number of carbonyl (C=O) groups is 1. The van der Waals surface area contributed by atoms with Gasteiger partial charge in [0.1, 0.15) is 0 Å². The molecule has 2 N–H and O–H groups in total. The highest BCUT2D eigenvalue weighted by Gasteiger charge is 2.34. The van der Waals surface area contributed by atoms with Crippen molar-refractivity contribution in [3.8, 4) is 0 Å². The van der Waals surface area contributed by atoms with E-state index in [1.54, 1.807) is 0 Å². The molecule has 1 heterocycles. The molecular formula is C15H15F3N2O2S. The normalized spacial score (nSPS) is 18.3. The van der Waals surface area contributed by atoms with Crippen LogP contribution in [0.15, 0.2) is 35.5 Å². The Morgan fingerprint density at radius 2 is 2.09 bits per heavy atom. The predicted octanol–water partition coefficient (Wildman–Crippen LogP) is 3.06. The van der Waals surface area contributed by atoms with E-state index in [1.807, 2.05) is 6.92 Å². The molecule has 1 atom stereocenters. The van der Waals surface area contributed by atoms with Crippen LogP contribution in [0.3, 0.4) is 0 Å². The summed E-state index contributed by atoms with van der Waals surface area (Å²) in [6, 6.07) is 3.99. The second kappa shape index (κ2) is 6.57. The van der Waals surface area contributed by atoms with Gasteiger partial charge in [0, 0.05) is 5.70 Å². The number of carbonyl (C=O) groups excluding carboxylic acids is 1. The number of hydrogen-bond acceptors (Lipinski definition) is 3. The average molecular weight is 344 g/mol. The number of ether oxygens (including phenoxy) is 1. The van der Waals surface area contributed by atoms with Gasteiger partial charge in [-0.05, 0) is 36.3 Å². The molecule has 23 heavy (non-hydrogen) atoms. The molecule has 0 aromatic heterocycles. The van der Waals surface area contributed by atoms with Crippen LogP contribution in [0.4, 0.5) is 13.2 Å². The summed E-state index contributed by atoms with van der Waals surface area (Å²) >= 11 is 5.08. The Kier molecular flexibility index (Phi) is 4.93.